The molecule has 0 unspecified atom stereocenters. The van der Waals surface area contributed by atoms with Gasteiger partial charge in [-0.1, -0.05) is 60.7 Å². The Bertz CT molecular complexity index is 1570. The second kappa shape index (κ2) is 7.25. The molecule has 1 heterocycles. The molecular formula is C31H22O2. The molecule has 0 N–H and O–H groups in total. The number of ether oxygens (including phenoxy) is 2. The number of hydrogen-bond donors (Lipinski definition) is 0. The van der Waals surface area contributed by atoms with Crippen LogP contribution in [-0.2, 0) is 0 Å². The number of fused-ring (bicyclic) bond motifs is 9. The molecule has 0 aromatic heterocycles. The molecule has 0 saturated heterocycles. The van der Waals surface area contributed by atoms with E-state index in [0.29, 0.717) is 13.2 Å². The molecule has 0 saturated carbocycles. The summed E-state index contributed by atoms with van der Waals surface area (Å²) < 4.78 is 12.7. The Morgan fingerprint density at radius 3 is 1.30 bits per heavy atom. The SMILES string of the molecule is c1ccc2cc3c4c(ccc3cc2c1)OCCCOc1ccc2cc3ccccc3cc2c1-4. The summed E-state index contributed by atoms with van der Waals surface area (Å²) in [5, 5.41) is 9.75. The molecule has 1 aliphatic rings. The summed E-state index contributed by atoms with van der Waals surface area (Å²) in [4.78, 5) is 0. The van der Waals surface area contributed by atoms with E-state index in [4.69, 9.17) is 9.47 Å². The van der Waals surface area contributed by atoms with Crippen LogP contribution < -0.4 is 9.47 Å². The standard InChI is InChI=1S/C31H22O2/c1-3-8-22-18-26-24(16-20(22)6-1)10-12-28-30(26)31-27-19-23-9-4-2-7-21(23)17-25(27)11-13-29(31)33-15-5-14-32-28/h1-4,6-13,16-19H,5,14-15H2. The van der Waals surface area contributed by atoms with Gasteiger partial charge in [-0.05, 0) is 79.5 Å². The molecular weight excluding hydrogens is 404 g/mol. The van der Waals surface area contributed by atoms with E-state index in [1.165, 1.54) is 43.1 Å². The molecule has 0 fully saturated rings. The van der Waals surface area contributed by atoms with Gasteiger partial charge in [0.2, 0.25) is 0 Å². The third-order valence-electron chi connectivity index (χ3n) is 6.75. The van der Waals surface area contributed by atoms with Crippen molar-refractivity contribution >= 4 is 43.1 Å². The monoisotopic (exact) mass is 426 g/mol. The van der Waals surface area contributed by atoms with Gasteiger partial charge in [0.1, 0.15) is 11.5 Å². The fourth-order valence-corrected chi connectivity index (χ4v) is 5.17. The maximum absolute atomic E-state index is 6.34. The van der Waals surface area contributed by atoms with Crippen molar-refractivity contribution in [1.29, 1.82) is 0 Å². The quantitative estimate of drug-likeness (QED) is 0.228. The largest absolute Gasteiger partial charge is 0.493 e. The Labute approximate surface area is 192 Å². The summed E-state index contributed by atoms with van der Waals surface area (Å²) in [6, 6.07) is 34.9. The van der Waals surface area contributed by atoms with E-state index in [0.717, 1.165) is 29.0 Å². The Balaban J connectivity index is 1.66. The Hall–Kier alpha value is -4.04. The minimum absolute atomic E-state index is 0.640. The van der Waals surface area contributed by atoms with Crippen molar-refractivity contribution in [2.75, 3.05) is 13.2 Å². The van der Waals surface area contributed by atoms with Gasteiger partial charge in [-0.15, -0.1) is 0 Å². The molecule has 0 radical (unpaired) electrons. The average Bonchev–Trinajstić information content (AvgIpc) is 2.95. The highest BCUT2D eigenvalue weighted by molar-refractivity contribution is 6.14. The van der Waals surface area contributed by atoms with Crippen LogP contribution in [0.5, 0.6) is 11.5 Å². The van der Waals surface area contributed by atoms with E-state index in [2.05, 4.69) is 97.1 Å². The van der Waals surface area contributed by atoms with E-state index in [1.54, 1.807) is 0 Å². The van der Waals surface area contributed by atoms with Gasteiger partial charge < -0.3 is 9.47 Å². The van der Waals surface area contributed by atoms with Gasteiger partial charge in [-0.2, -0.15) is 0 Å². The van der Waals surface area contributed by atoms with E-state index >= 15 is 0 Å². The second-order valence-corrected chi connectivity index (χ2v) is 8.77. The normalized spacial score (nSPS) is 13.6. The fraction of sp³-hybridized carbons (Fsp3) is 0.0968. The van der Waals surface area contributed by atoms with Crippen LogP contribution in [0.4, 0.5) is 0 Å². The van der Waals surface area contributed by atoms with Crippen LogP contribution in [0, 0.1) is 0 Å². The number of hydrogen-bond acceptors (Lipinski definition) is 2. The number of benzene rings is 6. The molecule has 6 aromatic carbocycles. The first kappa shape index (κ1) is 18.5. The summed E-state index contributed by atoms with van der Waals surface area (Å²) in [6.45, 7) is 1.28. The lowest BCUT2D eigenvalue weighted by Gasteiger charge is -2.18. The van der Waals surface area contributed by atoms with Crippen LogP contribution in [-0.4, -0.2) is 13.2 Å². The Morgan fingerprint density at radius 2 is 0.848 bits per heavy atom. The summed E-state index contributed by atoms with van der Waals surface area (Å²) in [5.74, 6) is 1.84. The molecule has 6 aromatic rings. The van der Waals surface area contributed by atoms with Crippen molar-refractivity contribution in [3.63, 3.8) is 0 Å². The predicted octanol–water partition coefficient (Wildman–Crippen LogP) is 8.13. The van der Waals surface area contributed by atoms with Crippen molar-refractivity contribution in [3.05, 3.63) is 97.1 Å². The van der Waals surface area contributed by atoms with Crippen molar-refractivity contribution < 1.29 is 9.47 Å². The van der Waals surface area contributed by atoms with Gasteiger partial charge in [0.15, 0.2) is 0 Å². The smallest absolute Gasteiger partial charge is 0.127 e. The molecule has 0 spiro atoms. The zero-order valence-electron chi connectivity index (χ0n) is 18.2. The van der Waals surface area contributed by atoms with E-state index in [-0.39, 0.29) is 0 Å². The van der Waals surface area contributed by atoms with Gasteiger partial charge in [0.25, 0.3) is 0 Å². The minimum atomic E-state index is 0.640. The minimum Gasteiger partial charge on any atom is -0.493 e. The highest BCUT2D eigenvalue weighted by Gasteiger charge is 2.21. The van der Waals surface area contributed by atoms with Gasteiger partial charge in [0, 0.05) is 17.5 Å². The maximum Gasteiger partial charge on any atom is 0.127 e. The van der Waals surface area contributed by atoms with Crippen LogP contribution in [0.15, 0.2) is 97.1 Å². The van der Waals surface area contributed by atoms with Crippen molar-refractivity contribution in [2.24, 2.45) is 0 Å². The van der Waals surface area contributed by atoms with Gasteiger partial charge in [0.05, 0.1) is 13.2 Å². The van der Waals surface area contributed by atoms with Crippen molar-refractivity contribution in [2.45, 2.75) is 6.42 Å². The first-order chi connectivity index (χ1) is 16.3. The van der Waals surface area contributed by atoms with Gasteiger partial charge in [-0.25, -0.2) is 0 Å². The first-order valence-corrected chi connectivity index (χ1v) is 11.5. The van der Waals surface area contributed by atoms with Crippen LogP contribution in [0.3, 0.4) is 0 Å². The highest BCUT2D eigenvalue weighted by atomic mass is 16.5. The van der Waals surface area contributed by atoms with Crippen LogP contribution in [0.1, 0.15) is 6.42 Å². The molecule has 2 nitrogen and oxygen atoms in total. The molecule has 2 heteroatoms. The summed E-state index contributed by atoms with van der Waals surface area (Å²) in [5.41, 5.74) is 2.24. The zero-order chi connectivity index (χ0) is 21.8. The summed E-state index contributed by atoms with van der Waals surface area (Å²) in [7, 11) is 0. The maximum atomic E-state index is 6.34. The van der Waals surface area contributed by atoms with E-state index in [9.17, 15) is 0 Å². The van der Waals surface area contributed by atoms with E-state index < -0.39 is 0 Å². The highest BCUT2D eigenvalue weighted by Crippen LogP contribution is 2.47. The molecule has 33 heavy (non-hydrogen) atoms. The third kappa shape index (κ3) is 2.95. The first-order valence-electron chi connectivity index (χ1n) is 11.5. The molecule has 1 aliphatic heterocycles. The second-order valence-electron chi connectivity index (χ2n) is 8.77. The predicted molar refractivity (Wildman–Crippen MR) is 138 cm³/mol. The topological polar surface area (TPSA) is 18.5 Å². The van der Waals surface area contributed by atoms with Crippen LogP contribution in [0.25, 0.3) is 54.2 Å². The third-order valence-corrected chi connectivity index (χ3v) is 6.75. The average molecular weight is 427 g/mol. The van der Waals surface area contributed by atoms with Gasteiger partial charge in [-0.3, -0.25) is 0 Å². The molecule has 7 rings (SSSR count). The lowest BCUT2D eigenvalue weighted by Crippen LogP contribution is -2.03. The lowest BCUT2D eigenvalue weighted by molar-refractivity contribution is 0.252. The Kier molecular flexibility index (Phi) is 4.07. The van der Waals surface area contributed by atoms with Crippen molar-refractivity contribution in [3.8, 4) is 22.6 Å². The molecule has 158 valence electrons. The summed E-state index contributed by atoms with van der Waals surface area (Å²) in [6.07, 6.45) is 0.852. The molecule has 0 bridgehead atoms. The zero-order valence-corrected chi connectivity index (χ0v) is 18.2. The Morgan fingerprint density at radius 1 is 0.424 bits per heavy atom. The lowest BCUT2D eigenvalue weighted by atomic mass is 9.90. The fourth-order valence-electron chi connectivity index (χ4n) is 5.17. The van der Waals surface area contributed by atoms with Crippen LogP contribution >= 0.6 is 0 Å². The van der Waals surface area contributed by atoms with Crippen molar-refractivity contribution in [1.82, 2.24) is 0 Å². The molecule has 0 atom stereocenters. The molecule has 0 amide bonds. The summed E-state index contributed by atoms with van der Waals surface area (Å²) >= 11 is 0. The number of rotatable bonds is 0. The van der Waals surface area contributed by atoms with Gasteiger partial charge >= 0.3 is 0 Å². The van der Waals surface area contributed by atoms with Crippen LogP contribution in [0.2, 0.25) is 0 Å². The molecule has 0 aliphatic carbocycles. The van der Waals surface area contributed by atoms with E-state index in [1.807, 2.05) is 0 Å².